The highest BCUT2D eigenvalue weighted by Crippen LogP contribution is 2.07. The average molecular weight is 215 g/mol. The van der Waals surface area contributed by atoms with Crippen LogP contribution in [0.15, 0.2) is 0 Å². The molecular formula is C10H21N3O2. The maximum atomic E-state index is 11.7. The van der Waals surface area contributed by atoms with Crippen molar-refractivity contribution in [3.8, 4) is 0 Å². The molecule has 0 aliphatic carbocycles. The van der Waals surface area contributed by atoms with Crippen LogP contribution in [-0.2, 0) is 9.53 Å². The van der Waals surface area contributed by atoms with E-state index in [9.17, 15) is 4.79 Å². The van der Waals surface area contributed by atoms with E-state index in [2.05, 4.69) is 4.90 Å². The van der Waals surface area contributed by atoms with E-state index in [0.717, 1.165) is 6.54 Å². The van der Waals surface area contributed by atoms with Crippen LogP contribution in [0.1, 0.15) is 6.92 Å². The van der Waals surface area contributed by atoms with Gasteiger partial charge in [0, 0.05) is 19.6 Å². The molecule has 0 unspecified atom stereocenters. The second kappa shape index (κ2) is 5.44. The summed E-state index contributed by atoms with van der Waals surface area (Å²) in [6.45, 7) is 4.47. The van der Waals surface area contributed by atoms with Crippen molar-refractivity contribution in [1.82, 2.24) is 9.80 Å². The van der Waals surface area contributed by atoms with Gasteiger partial charge in [-0.05, 0) is 21.0 Å². The molecule has 0 aromatic carbocycles. The molecule has 1 rings (SSSR count). The van der Waals surface area contributed by atoms with Crippen LogP contribution in [-0.4, -0.2) is 68.2 Å². The van der Waals surface area contributed by atoms with Gasteiger partial charge in [0.2, 0.25) is 5.91 Å². The number of nitrogens with zero attached hydrogens (tertiary/aromatic N) is 2. The standard InChI is InChI=1S/C10H21N3O2/c1-8(11)10(14)13-4-5-15-9(7-13)6-12(2)3/h8-9H,4-7,11H2,1-3H3/t8-,9+/m0/s1. The van der Waals surface area contributed by atoms with Gasteiger partial charge in [-0.2, -0.15) is 0 Å². The van der Waals surface area contributed by atoms with Crippen molar-refractivity contribution in [2.24, 2.45) is 5.73 Å². The summed E-state index contributed by atoms with van der Waals surface area (Å²) >= 11 is 0. The quantitative estimate of drug-likeness (QED) is 0.664. The zero-order chi connectivity index (χ0) is 11.4. The van der Waals surface area contributed by atoms with Crippen LogP contribution in [0.2, 0.25) is 0 Å². The van der Waals surface area contributed by atoms with Crippen molar-refractivity contribution < 1.29 is 9.53 Å². The number of ether oxygens (including phenoxy) is 1. The molecule has 1 amide bonds. The Morgan fingerprint density at radius 1 is 1.67 bits per heavy atom. The summed E-state index contributed by atoms with van der Waals surface area (Å²) in [6, 6.07) is -0.414. The van der Waals surface area contributed by atoms with Gasteiger partial charge >= 0.3 is 0 Å². The molecule has 2 atom stereocenters. The van der Waals surface area contributed by atoms with E-state index >= 15 is 0 Å². The van der Waals surface area contributed by atoms with E-state index < -0.39 is 6.04 Å². The highest BCUT2D eigenvalue weighted by atomic mass is 16.5. The Bertz CT molecular complexity index is 219. The van der Waals surface area contributed by atoms with E-state index in [1.807, 2.05) is 14.1 Å². The third-order valence-electron chi connectivity index (χ3n) is 2.41. The molecule has 2 N–H and O–H groups in total. The second-order valence-electron chi connectivity index (χ2n) is 4.33. The van der Waals surface area contributed by atoms with Gasteiger partial charge in [-0.25, -0.2) is 0 Å². The normalized spacial score (nSPS) is 24.3. The lowest BCUT2D eigenvalue weighted by Crippen LogP contribution is -2.52. The summed E-state index contributed by atoms with van der Waals surface area (Å²) in [5, 5.41) is 0. The zero-order valence-corrected chi connectivity index (χ0v) is 9.77. The number of carbonyl (C=O) groups is 1. The van der Waals surface area contributed by atoms with E-state index in [0.29, 0.717) is 19.7 Å². The molecule has 0 aromatic rings. The first-order valence-corrected chi connectivity index (χ1v) is 5.31. The first kappa shape index (κ1) is 12.4. The Labute approximate surface area is 91.2 Å². The minimum absolute atomic E-state index is 0.0158. The molecular weight excluding hydrogens is 194 g/mol. The lowest BCUT2D eigenvalue weighted by Gasteiger charge is -2.35. The summed E-state index contributed by atoms with van der Waals surface area (Å²) in [7, 11) is 3.99. The third-order valence-corrected chi connectivity index (χ3v) is 2.41. The SMILES string of the molecule is C[C@H](N)C(=O)N1CCO[C@H](CN(C)C)C1. The van der Waals surface area contributed by atoms with Gasteiger partial charge in [0.1, 0.15) is 0 Å². The fourth-order valence-corrected chi connectivity index (χ4v) is 1.73. The summed E-state index contributed by atoms with van der Waals surface area (Å²) in [5.41, 5.74) is 5.57. The average Bonchev–Trinajstić information content (AvgIpc) is 2.16. The van der Waals surface area contributed by atoms with Crippen molar-refractivity contribution >= 4 is 5.91 Å². The van der Waals surface area contributed by atoms with Gasteiger partial charge in [-0.1, -0.05) is 0 Å². The van der Waals surface area contributed by atoms with Crippen LogP contribution in [0.3, 0.4) is 0 Å². The van der Waals surface area contributed by atoms with Gasteiger partial charge in [0.25, 0.3) is 0 Å². The van der Waals surface area contributed by atoms with Crippen LogP contribution in [0.25, 0.3) is 0 Å². The number of nitrogens with two attached hydrogens (primary N) is 1. The van der Waals surface area contributed by atoms with Crippen molar-refractivity contribution in [2.75, 3.05) is 40.3 Å². The fraction of sp³-hybridized carbons (Fsp3) is 0.900. The molecule has 5 heteroatoms. The first-order valence-electron chi connectivity index (χ1n) is 5.31. The largest absolute Gasteiger partial charge is 0.373 e. The summed E-state index contributed by atoms with van der Waals surface area (Å²) in [4.78, 5) is 15.5. The zero-order valence-electron chi connectivity index (χ0n) is 9.77. The molecule has 5 nitrogen and oxygen atoms in total. The summed E-state index contributed by atoms with van der Waals surface area (Å²) in [5.74, 6) is 0.0158. The lowest BCUT2D eigenvalue weighted by atomic mass is 10.2. The molecule has 1 heterocycles. The van der Waals surface area contributed by atoms with E-state index in [4.69, 9.17) is 10.5 Å². The lowest BCUT2D eigenvalue weighted by molar-refractivity contribution is -0.140. The van der Waals surface area contributed by atoms with Gasteiger partial charge in [-0.3, -0.25) is 4.79 Å². The highest BCUT2D eigenvalue weighted by Gasteiger charge is 2.25. The van der Waals surface area contributed by atoms with E-state index in [1.165, 1.54) is 0 Å². The Morgan fingerprint density at radius 3 is 2.87 bits per heavy atom. The smallest absolute Gasteiger partial charge is 0.239 e. The molecule has 0 aromatic heterocycles. The third kappa shape index (κ3) is 3.77. The molecule has 15 heavy (non-hydrogen) atoms. The van der Waals surface area contributed by atoms with Crippen LogP contribution < -0.4 is 5.73 Å². The molecule has 1 fully saturated rings. The van der Waals surface area contributed by atoms with Gasteiger partial charge in [0.05, 0.1) is 18.8 Å². The number of hydrogen-bond donors (Lipinski definition) is 1. The van der Waals surface area contributed by atoms with Crippen molar-refractivity contribution in [2.45, 2.75) is 19.1 Å². The van der Waals surface area contributed by atoms with Gasteiger partial charge < -0.3 is 20.3 Å². The fourth-order valence-electron chi connectivity index (χ4n) is 1.73. The number of rotatable bonds is 3. The van der Waals surface area contributed by atoms with Crippen molar-refractivity contribution in [1.29, 1.82) is 0 Å². The van der Waals surface area contributed by atoms with Gasteiger partial charge in [-0.15, -0.1) is 0 Å². The van der Waals surface area contributed by atoms with Crippen molar-refractivity contribution in [3.63, 3.8) is 0 Å². The number of amides is 1. The molecule has 0 saturated carbocycles. The second-order valence-corrected chi connectivity index (χ2v) is 4.33. The minimum atomic E-state index is -0.414. The topological polar surface area (TPSA) is 58.8 Å². The van der Waals surface area contributed by atoms with Crippen LogP contribution >= 0.6 is 0 Å². The molecule has 1 aliphatic rings. The maximum Gasteiger partial charge on any atom is 0.239 e. The predicted octanol–water partition coefficient (Wildman–Crippen LogP) is -0.877. The number of morpholine rings is 1. The molecule has 1 aliphatic heterocycles. The monoisotopic (exact) mass is 215 g/mol. The summed E-state index contributed by atoms with van der Waals surface area (Å²) in [6.07, 6.45) is 0.108. The van der Waals surface area contributed by atoms with Gasteiger partial charge in [0.15, 0.2) is 0 Å². The minimum Gasteiger partial charge on any atom is -0.373 e. The van der Waals surface area contributed by atoms with Crippen LogP contribution in [0.4, 0.5) is 0 Å². The van der Waals surface area contributed by atoms with Crippen LogP contribution in [0, 0.1) is 0 Å². The van der Waals surface area contributed by atoms with E-state index in [-0.39, 0.29) is 12.0 Å². The number of carbonyl (C=O) groups excluding carboxylic acids is 1. The maximum absolute atomic E-state index is 11.7. The predicted molar refractivity (Wildman–Crippen MR) is 58.5 cm³/mol. The molecule has 1 saturated heterocycles. The van der Waals surface area contributed by atoms with E-state index in [1.54, 1.807) is 11.8 Å². The Balaban J connectivity index is 2.45. The number of hydrogen-bond acceptors (Lipinski definition) is 4. The summed E-state index contributed by atoms with van der Waals surface area (Å²) < 4.78 is 5.57. The molecule has 88 valence electrons. The first-order chi connectivity index (χ1) is 7.00. The molecule has 0 bridgehead atoms. The Kier molecular flexibility index (Phi) is 4.50. The Morgan fingerprint density at radius 2 is 2.33 bits per heavy atom. The van der Waals surface area contributed by atoms with Crippen molar-refractivity contribution in [3.05, 3.63) is 0 Å². The highest BCUT2D eigenvalue weighted by molar-refractivity contribution is 5.81. The van der Waals surface area contributed by atoms with Crippen LogP contribution in [0.5, 0.6) is 0 Å². The molecule has 0 spiro atoms. The molecule has 0 radical (unpaired) electrons. The Hall–Kier alpha value is -0.650. The number of likely N-dealkylation sites (N-methyl/N-ethyl adjacent to an activating group) is 1.